The van der Waals surface area contributed by atoms with E-state index in [0.29, 0.717) is 11.5 Å². The third kappa shape index (κ3) is 4.19. The van der Waals surface area contributed by atoms with Crippen LogP contribution in [0.5, 0.6) is 0 Å². The Balaban J connectivity index is 1.98. The number of hydrogen-bond donors (Lipinski definition) is 1. The Morgan fingerprint density at radius 3 is 2.05 bits per heavy atom. The minimum Gasteiger partial charge on any atom is -0.391 e. The van der Waals surface area contributed by atoms with Crippen LogP contribution in [0.4, 0.5) is 0 Å². The van der Waals surface area contributed by atoms with E-state index in [2.05, 4.69) is 25.7 Å². The molecule has 0 bridgehead atoms. The Hall–Kier alpha value is -0.0800. The summed E-state index contributed by atoms with van der Waals surface area (Å²) >= 11 is 0. The van der Waals surface area contributed by atoms with Crippen LogP contribution in [0.25, 0.3) is 0 Å². The molecule has 2 heteroatoms. The first-order valence-electron chi connectivity index (χ1n) is 8.40. The number of nitrogens with zero attached hydrogens (tertiary/aromatic N) is 1. The van der Waals surface area contributed by atoms with E-state index >= 15 is 0 Å². The van der Waals surface area contributed by atoms with Crippen molar-refractivity contribution in [3.63, 3.8) is 0 Å². The van der Waals surface area contributed by atoms with Crippen LogP contribution in [-0.4, -0.2) is 35.2 Å². The standard InChI is InChI=1S/C17H33NO/c1-17(2,3)14-9-10-16(19)15(13-14)18-11-7-5-4-6-8-12-18/h14-16,19H,4-13H2,1-3H3. The quantitative estimate of drug-likeness (QED) is 0.780. The lowest BCUT2D eigenvalue weighted by Gasteiger charge is -2.45. The molecule has 0 aromatic heterocycles. The zero-order valence-electron chi connectivity index (χ0n) is 13.2. The number of hydrogen-bond acceptors (Lipinski definition) is 2. The first-order valence-corrected chi connectivity index (χ1v) is 8.40. The molecule has 0 radical (unpaired) electrons. The molecule has 1 aliphatic carbocycles. The highest BCUT2D eigenvalue weighted by Crippen LogP contribution is 2.39. The van der Waals surface area contributed by atoms with Crippen LogP contribution in [-0.2, 0) is 0 Å². The van der Waals surface area contributed by atoms with Crippen LogP contribution in [0.2, 0.25) is 0 Å². The first kappa shape index (κ1) is 15.3. The lowest BCUT2D eigenvalue weighted by Crippen LogP contribution is -2.50. The van der Waals surface area contributed by atoms with Gasteiger partial charge in [-0.05, 0) is 56.5 Å². The van der Waals surface area contributed by atoms with Gasteiger partial charge in [-0.1, -0.05) is 40.0 Å². The van der Waals surface area contributed by atoms with Gasteiger partial charge in [-0.25, -0.2) is 0 Å². The highest BCUT2D eigenvalue weighted by molar-refractivity contribution is 4.91. The SMILES string of the molecule is CC(C)(C)C1CCC(O)C(N2CCCCCCC2)C1. The number of likely N-dealkylation sites (tertiary alicyclic amines) is 1. The summed E-state index contributed by atoms with van der Waals surface area (Å²) < 4.78 is 0. The molecule has 2 rings (SSSR count). The highest BCUT2D eigenvalue weighted by atomic mass is 16.3. The molecule has 1 aliphatic heterocycles. The zero-order chi connectivity index (χ0) is 13.9. The molecule has 0 aromatic carbocycles. The summed E-state index contributed by atoms with van der Waals surface area (Å²) in [6.07, 6.45) is 10.1. The molecular formula is C17H33NO. The summed E-state index contributed by atoms with van der Waals surface area (Å²) in [6.45, 7) is 9.50. The van der Waals surface area contributed by atoms with Gasteiger partial charge in [0.25, 0.3) is 0 Å². The van der Waals surface area contributed by atoms with Gasteiger partial charge in [-0.15, -0.1) is 0 Å². The van der Waals surface area contributed by atoms with Crippen molar-refractivity contribution < 1.29 is 5.11 Å². The Morgan fingerprint density at radius 1 is 0.895 bits per heavy atom. The van der Waals surface area contributed by atoms with Crippen molar-refractivity contribution in [1.29, 1.82) is 0 Å². The van der Waals surface area contributed by atoms with Gasteiger partial charge >= 0.3 is 0 Å². The maximum absolute atomic E-state index is 10.4. The van der Waals surface area contributed by atoms with E-state index in [-0.39, 0.29) is 6.10 Å². The second kappa shape index (κ2) is 6.58. The average Bonchev–Trinajstić information content (AvgIpc) is 2.28. The fourth-order valence-electron chi connectivity index (χ4n) is 3.91. The zero-order valence-corrected chi connectivity index (χ0v) is 13.2. The topological polar surface area (TPSA) is 23.5 Å². The van der Waals surface area contributed by atoms with Gasteiger partial charge < -0.3 is 5.11 Å². The van der Waals surface area contributed by atoms with Crippen molar-refractivity contribution in [3.8, 4) is 0 Å². The van der Waals surface area contributed by atoms with Gasteiger partial charge in [0, 0.05) is 6.04 Å². The molecule has 112 valence electrons. The van der Waals surface area contributed by atoms with Gasteiger partial charge in [-0.3, -0.25) is 4.90 Å². The molecule has 3 atom stereocenters. The predicted molar refractivity (Wildman–Crippen MR) is 81.2 cm³/mol. The van der Waals surface area contributed by atoms with Crippen molar-refractivity contribution in [2.75, 3.05) is 13.1 Å². The van der Waals surface area contributed by atoms with Crippen LogP contribution in [0.15, 0.2) is 0 Å². The minimum absolute atomic E-state index is 0.0852. The second-order valence-corrected chi connectivity index (χ2v) is 7.81. The van der Waals surface area contributed by atoms with E-state index in [0.717, 1.165) is 12.3 Å². The smallest absolute Gasteiger partial charge is 0.0695 e. The maximum Gasteiger partial charge on any atom is 0.0695 e. The van der Waals surface area contributed by atoms with E-state index < -0.39 is 0 Å². The van der Waals surface area contributed by atoms with E-state index in [9.17, 15) is 5.11 Å². The Kier molecular flexibility index (Phi) is 5.30. The summed E-state index contributed by atoms with van der Waals surface area (Å²) in [5, 5.41) is 10.4. The van der Waals surface area contributed by atoms with Crippen LogP contribution in [0.3, 0.4) is 0 Å². The van der Waals surface area contributed by atoms with Crippen molar-refractivity contribution in [1.82, 2.24) is 4.90 Å². The fourth-order valence-corrected chi connectivity index (χ4v) is 3.91. The molecule has 2 fully saturated rings. The first-order chi connectivity index (χ1) is 8.98. The normalized spacial score (nSPS) is 35.7. The van der Waals surface area contributed by atoms with Gasteiger partial charge in [0.2, 0.25) is 0 Å². The van der Waals surface area contributed by atoms with Crippen LogP contribution < -0.4 is 0 Å². The molecule has 1 saturated heterocycles. The number of aliphatic hydroxyl groups excluding tert-OH is 1. The minimum atomic E-state index is -0.0852. The molecule has 0 amide bonds. The van der Waals surface area contributed by atoms with Crippen molar-refractivity contribution in [2.24, 2.45) is 11.3 Å². The molecule has 2 aliphatic rings. The summed E-state index contributed by atoms with van der Waals surface area (Å²) in [5.74, 6) is 0.770. The summed E-state index contributed by atoms with van der Waals surface area (Å²) in [7, 11) is 0. The van der Waals surface area contributed by atoms with E-state index in [4.69, 9.17) is 0 Å². The van der Waals surface area contributed by atoms with Gasteiger partial charge in [0.15, 0.2) is 0 Å². The van der Waals surface area contributed by atoms with Crippen LogP contribution in [0.1, 0.15) is 72.1 Å². The molecule has 19 heavy (non-hydrogen) atoms. The molecule has 3 unspecified atom stereocenters. The number of aliphatic hydroxyl groups is 1. The summed E-state index contributed by atoms with van der Waals surface area (Å²) in [4.78, 5) is 2.61. The lowest BCUT2D eigenvalue weighted by molar-refractivity contribution is -0.0194. The van der Waals surface area contributed by atoms with Crippen LogP contribution >= 0.6 is 0 Å². The third-order valence-corrected chi connectivity index (χ3v) is 5.37. The van der Waals surface area contributed by atoms with Gasteiger partial charge in [0.1, 0.15) is 0 Å². The van der Waals surface area contributed by atoms with Gasteiger partial charge in [-0.2, -0.15) is 0 Å². The Labute approximate surface area is 119 Å². The summed E-state index contributed by atoms with van der Waals surface area (Å²) in [6, 6.07) is 0.427. The predicted octanol–water partition coefficient (Wildman–Crippen LogP) is 3.83. The van der Waals surface area contributed by atoms with Crippen molar-refractivity contribution in [3.05, 3.63) is 0 Å². The summed E-state index contributed by atoms with van der Waals surface area (Å²) in [5.41, 5.74) is 0.390. The molecule has 1 N–H and O–H groups in total. The monoisotopic (exact) mass is 267 g/mol. The average molecular weight is 267 g/mol. The Morgan fingerprint density at radius 2 is 1.47 bits per heavy atom. The molecule has 0 aromatic rings. The highest BCUT2D eigenvalue weighted by Gasteiger charge is 2.37. The van der Waals surface area contributed by atoms with E-state index in [1.165, 1.54) is 58.0 Å². The third-order valence-electron chi connectivity index (χ3n) is 5.37. The van der Waals surface area contributed by atoms with Crippen molar-refractivity contribution in [2.45, 2.75) is 84.3 Å². The largest absolute Gasteiger partial charge is 0.391 e. The number of rotatable bonds is 1. The van der Waals surface area contributed by atoms with E-state index in [1.54, 1.807) is 0 Å². The van der Waals surface area contributed by atoms with E-state index in [1.807, 2.05) is 0 Å². The molecule has 1 heterocycles. The fraction of sp³-hybridized carbons (Fsp3) is 1.00. The lowest BCUT2D eigenvalue weighted by atomic mass is 9.70. The maximum atomic E-state index is 10.4. The molecule has 2 nitrogen and oxygen atoms in total. The second-order valence-electron chi connectivity index (χ2n) is 7.81. The molecule has 0 spiro atoms. The van der Waals surface area contributed by atoms with Crippen LogP contribution in [0, 0.1) is 11.3 Å². The van der Waals surface area contributed by atoms with Crippen molar-refractivity contribution >= 4 is 0 Å². The molecule has 1 saturated carbocycles. The molecular weight excluding hydrogens is 234 g/mol. The Bertz CT molecular complexity index is 263. The van der Waals surface area contributed by atoms with Gasteiger partial charge in [0.05, 0.1) is 6.10 Å².